The lowest BCUT2D eigenvalue weighted by Crippen LogP contribution is -2.50. The number of thiophene rings is 1. The van der Waals surface area contributed by atoms with Gasteiger partial charge in [0.15, 0.2) is 0 Å². The number of nitrogens with zero attached hydrogens (tertiary/aromatic N) is 1. The van der Waals surface area contributed by atoms with Gasteiger partial charge < -0.3 is 24.1 Å². The lowest BCUT2D eigenvalue weighted by molar-refractivity contribution is -0.164. The molecule has 1 aliphatic heterocycles. The van der Waals surface area contributed by atoms with Crippen molar-refractivity contribution in [3.63, 3.8) is 0 Å². The van der Waals surface area contributed by atoms with Crippen LogP contribution in [0.5, 0.6) is 0 Å². The highest BCUT2D eigenvalue weighted by Crippen LogP contribution is 2.37. The molecule has 2 heterocycles. The second-order valence-electron chi connectivity index (χ2n) is 10.0. The van der Waals surface area contributed by atoms with Crippen molar-refractivity contribution >= 4 is 23.3 Å². The van der Waals surface area contributed by atoms with Crippen LogP contribution in [-0.2, 0) is 35.1 Å². The Morgan fingerprint density at radius 2 is 1.95 bits per heavy atom. The van der Waals surface area contributed by atoms with Crippen LogP contribution in [0.1, 0.15) is 38.2 Å². The fourth-order valence-electron chi connectivity index (χ4n) is 5.56. The first-order chi connectivity index (χ1) is 19.0. The minimum Gasteiger partial charge on any atom is -0.466 e. The molecule has 1 aliphatic carbocycles. The van der Waals surface area contributed by atoms with Crippen LogP contribution in [0, 0.1) is 5.92 Å². The van der Waals surface area contributed by atoms with Crippen molar-refractivity contribution in [1.82, 2.24) is 4.90 Å². The highest BCUT2D eigenvalue weighted by molar-refractivity contribution is 7.13. The summed E-state index contributed by atoms with van der Waals surface area (Å²) in [5.74, 6) is -0.940. The van der Waals surface area contributed by atoms with Gasteiger partial charge in [0, 0.05) is 49.7 Å². The number of hydrogen-bond acceptors (Lipinski definition) is 9. The molecule has 1 saturated carbocycles. The number of esters is 2. The van der Waals surface area contributed by atoms with Crippen molar-refractivity contribution in [2.24, 2.45) is 5.92 Å². The van der Waals surface area contributed by atoms with E-state index in [9.17, 15) is 14.7 Å². The van der Waals surface area contributed by atoms with Crippen molar-refractivity contribution in [3.05, 3.63) is 59.5 Å². The zero-order valence-corrected chi connectivity index (χ0v) is 23.5. The summed E-state index contributed by atoms with van der Waals surface area (Å²) >= 11 is 1.72. The van der Waals surface area contributed by atoms with Crippen LogP contribution >= 0.6 is 11.3 Å². The number of ether oxygens (including phenoxy) is 4. The smallest absolute Gasteiger partial charge is 0.347 e. The van der Waals surface area contributed by atoms with E-state index >= 15 is 0 Å². The van der Waals surface area contributed by atoms with E-state index in [2.05, 4.69) is 46.7 Å². The fraction of sp³-hybridized carbons (Fsp3) is 0.533. The minimum atomic E-state index is -0.944. The topological polar surface area (TPSA) is 94.5 Å². The maximum absolute atomic E-state index is 11.9. The molecule has 0 bridgehead atoms. The normalized spacial score (nSPS) is 24.6. The summed E-state index contributed by atoms with van der Waals surface area (Å²) < 4.78 is 21.8. The molecule has 2 aliphatic rings. The van der Waals surface area contributed by atoms with Gasteiger partial charge in [0.2, 0.25) is 6.10 Å². The number of carbonyl (C=O) groups is 2. The number of morpholine rings is 1. The standard InChI is InChI=1S/C30H39NO7S/c1-21(32)38-26(30(34)35-2)8-5-3-4-7-24-27(19-25(33)29(24)31-14-16-36-17-15-31)37-20-22-10-12-23(13-11-22)28-9-6-18-39-28/h3,5-6,9-13,18,24-27,29,33H,4,7-8,14-17,19-20H2,1-2H3/t24-,25+,26?,27-,29+/m0/s1. The predicted molar refractivity (Wildman–Crippen MR) is 149 cm³/mol. The number of aliphatic hydroxyl groups is 1. The summed E-state index contributed by atoms with van der Waals surface area (Å²) in [7, 11) is 1.28. The number of rotatable bonds is 12. The Hall–Kier alpha value is -2.56. The number of hydrogen-bond donors (Lipinski definition) is 1. The highest BCUT2D eigenvalue weighted by Gasteiger charge is 2.45. The maximum Gasteiger partial charge on any atom is 0.347 e. The second-order valence-corrected chi connectivity index (χ2v) is 11.0. The van der Waals surface area contributed by atoms with Crippen LogP contribution in [0.4, 0.5) is 0 Å². The zero-order chi connectivity index (χ0) is 27.6. The van der Waals surface area contributed by atoms with Crippen molar-refractivity contribution in [3.8, 4) is 10.4 Å². The van der Waals surface area contributed by atoms with Gasteiger partial charge in [-0.15, -0.1) is 11.3 Å². The lowest BCUT2D eigenvalue weighted by atomic mass is 9.93. The predicted octanol–water partition coefficient (Wildman–Crippen LogP) is 4.21. The Kier molecular flexibility index (Phi) is 11.1. The molecule has 212 valence electrons. The summed E-state index contributed by atoms with van der Waals surface area (Å²) in [4.78, 5) is 26.8. The molecular formula is C30H39NO7S. The van der Waals surface area contributed by atoms with Crippen LogP contribution in [0.15, 0.2) is 53.9 Å². The van der Waals surface area contributed by atoms with Gasteiger partial charge in [-0.25, -0.2) is 4.79 Å². The summed E-state index contributed by atoms with van der Waals surface area (Å²) in [6, 6.07) is 12.7. The summed E-state index contributed by atoms with van der Waals surface area (Å²) in [5.41, 5.74) is 2.31. The molecule has 1 N–H and O–H groups in total. The fourth-order valence-corrected chi connectivity index (χ4v) is 6.29. The van der Waals surface area contributed by atoms with Gasteiger partial charge in [-0.05, 0) is 35.4 Å². The molecule has 1 unspecified atom stereocenters. The van der Waals surface area contributed by atoms with Crippen LogP contribution in [-0.4, -0.2) is 79.7 Å². The van der Waals surface area contributed by atoms with E-state index in [-0.39, 0.29) is 24.5 Å². The number of carbonyl (C=O) groups excluding carboxylic acids is 2. The van der Waals surface area contributed by atoms with Gasteiger partial charge in [0.25, 0.3) is 0 Å². The minimum absolute atomic E-state index is 0.0115. The Balaban J connectivity index is 1.37. The van der Waals surface area contributed by atoms with Gasteiger partial charge in [0.1, 0.15) is 0 Å². The van der Waals surface area contributed by atoms with E-state index in [1.807, 2.05) is 12.2 Å². The van der Waals surface area contributed by atoms with Crippen LogP contribution < -0.4 is 0 Å². The van der Waals surface area contributed by atoms with Crippen molar-refractivity contribution in [2.45, 2.75) is 63.6 Å². The van der Waals surface area contributed by atoms with Gasteiger partial charge in [0.05, 0.1) is 39.1 Å². The summed E-state index contributed by atoms with van der Waals surface area (Å²) in [5, 5.41) is 13.2. The highest BCUT2D eigenvalue weighted by atomic mass is 32.1. The molecule has 8 nitrogen and oxygen atoms in total. The van der Waals surface area contributed by atoms with E-state index in [1.54, 1.807) is 11.3 Å². The Bertz CT molecular complexity index is 1070. The second kappa shape index (κ2) is 14.7. The molecule has 5 atom stereocenters. The van der Waals surface area contributed by atoms with Gasteiger partial charge in [-0.2, -0.15) is 0 Å². The average Bonchev–Trinajstić information content (AvgIpc) is 3.59. The Morgan fingerprint density at radius 3 is 2.62 bits per heavy atom. The molecule has 2 aromatic rings. The van der Waals surface area contributed by atoms with Crippen LogP contribution in [0.3, 0.4) is 0 Å². The first kappa shape index (κ1) is 29.4. The molecule has 1 aromatic carbocycles. The number of methoxy groups -OCH3 is 1. The van der Waals surface area contributed by atoms with Gasteiger partial charge >= 0.3 is 11.9 Å². The summed E-state index contributed by atoms with van der Waals surface area (Å²) in [6.07, 6.45) is 4.81. The zero-order valence-electron chi connectivity index (χ0n) is 22.7. The lowest BCUT2D eigenvalue weighted by Gasteiger charge is -2.38. The Morgan fingerprint density at radius 1 is 1.18 bits per heavy atom. The van der Waals surface area contributed by atoms with E-state index in [4.69, 9.17) is 18.9 Å². The van der Waals surface area contributed by atoms with Crippen molar-refractivity contribution < 1.29 is 33.6 Å². The first-order valence-corrected chi connectivity index (χ1v) is 14.5. The molecule has 0 spiro atoms. The Labute approximate surface area is 234 Å². The largest absolute Gasteiger partial charge is 0.466 e. The SMILES string of the molecule is COC(=O)C(CC=CCC[C@@H]1[C@@H](N2CCOCC2)[C@H](O)C[C@@H]1OCc1ccc(-c2cccs2)cc1)OC(C)=O. The molecule has 1 saturated heterocycles. The molecular weight excluding hydrogens is 518 g/mol. The first-order valence-electron chi connectivity index (χ1n) is 13.6. The molecule has 0 radical (unpaired) electrons. The third kappa shape index (κ3) is 8.22. The third-order valence-electron chi connectivity index (χ3n) is 7.43. The molecule has 9 heteroatoms. The van der Waals surface area contributed by atoms with Crippen LogP contribution in [0.2, 0.25) is 0 Å². The van der Waals surface area contributed by atoms with E-state index < -0.39 is 24.1 Å². The molecule has 0 amide bonds. The average molecular weight is 558 g/mol. The number of aliphatic hydroxyl groups excluding tert-OH is 1. The van der Waals surface area contributed by atoms with Gasteiger partial charge in [-0.1, -0.05) is 42.5 Å². The van der Waals surface area contributed by atoms with Crippen LogP contribution in [0.25, 0.3) is 10.4 Å². The van der Waals surface area contributed by atoms with Crippen molar-refractivity contribution in [2.75, 3.05) is 33.4 Å². The number of benzene rings is 1. The van der Waals surface area contributed by atoms with E-state index in [0.29, 0.717) is 26.2 Å². The molecule has 2 fully saturated rings. The third-order valence-corrected chi connectivity index (χ3v) is 8.35. The maximum atomic E-state index is 11.9. The number of allylic oxidation sites excluding steroid dienone is 1. The molecule has 39 heavy (non-hydrogen) atoms. The van der Waals surface area contributed by atoms with Gasteiger partial charge in [-0.3, -0.25) is 9.69 Å². The monoisotopic (exact) mass is 557 g/mol. The van der Waals surface area contributed by atoms with Crippen molar-refractivity contribution in [1.29, 1.82) is 0 Å². The van der Waals surface area contributed by atoms with E-state index in [1.165, 1.54) is 24.5 Å². The molecule has 4 rings (SSSR count). The quantitative estimate of drug-likeness (QED) is 0.306. The summed E-state index contributed by atoms with van der Waals surface area (Å²) in [6.45, 7) is 4.71. The molecule has 1 aromatic heterocycles. The van der Waals surface area contributed by atoms with E-state index in [0.717, 1.165) is 31.5 Å².